The van der Waals surface area contributed by atoms with E-state index in [1.807, 2.05) is 30.3 Å². The minimum absolute atomic E-state index is 0.122. The number of carbonyl (C=O) groups is 2. The molecule has 0 radical (unpaired) electrons. The molecule has 1 atom stereocenters. The highest BCUT2D eigenvalue weighted by Gasteiger charge is 2.44. The number of hydrogen-bond acceptors (Lipinski definition) is 3. The van der Waals surface area contributed by atoms with Gasteiger partial charge in [-0.15, -0.1) is 0 Å². The highest BCUT2D eigenvalue weighted by atomic mass is 16.3. The van der Waals surface area contributed by atoms with Crippen molar-refractivity contribution in [2.24, 2.45) is 0 Å². The first-order chi connectivity index (χ1) is 12.7. The Hall–Kier alpha value is -1.88. The fourth-order valence-electron chi connectivity index (χ4n) is 4.38. The van der Waals surface area contributed by atoms with Crippen molar-refractivity contribution < 1.29 is 14.7 Å². The Bertz CT molecular complexity index is 603. The van der Waals surface area contributed by atoms with E-state index in [1.54, 1.807) is 4.90 Å². The molecule has 1 heterocycles. The van der Waals surface area contributed by atoms with Gasteiger partial charge >= 0.3 is 0 Å². The third-order valence-corrected chi connectivity index (χ3v) is 5.92. The van der Waals surface area contributed by atoms with Crippen LogP contribution in [0, 0.1) is 0 Å². The van der Waals surface area contributed by atoms with Crippen LogP contribution in [0.1, 0.15) is 56.9 Å². The maximum atomic E-state index is 13.2. The van der Waals surface area contributed by atoms with E-state index in [1.165, 1.54) is 0 Å². The van der Waals surface area contributed by atoms with E-state index >= 15 is 0 Å². The van der Waals surface area contributed by atoms with Crippen LogP contribution in [-0.4, -0.2) is 47.6 Å². The lowest BCUT2D eigenvalue weighted by molar-refractivity contribution is -0.139. The summed E-state index contributed by atoms with van der Waals surface area (Å²) in [5.41, 5.74) is 0.433. The number of benzene rings is 1. The van der Waals surface area contributed by atoms with Gasteiger partial charge in [0.05, 0.1) is 12.0 Å². The second-order valence-electron chi connectivity index (χ2n) is 7.60. The van der Waals surface area contributed by atoms with Crippen LogP contribution in [-0.2, 0) is 15.0 Å². The molecule has 142 valence electrons. The Kier molecular flexibility index (Phi) is 6.30. The molecule has 3 rings (SSSR count). The average molecular weight is 358 g/mol. The number of hydrogen-bond donors (Lipinski definition) is 2. The van der Waals surface area contributed by atoms with Crippen molar-refractivity contribution in [3.05, 3.63) is 35.9 Å². The molecule has 2 fully saturated rings. The molecule has 1 aromatic carbocycles. The van der Waals surface area contributed by atoms with Gasteiger partial charge in [0.25, 0.3) is 0 Å². The van der Waals surface area contributed by atoms with Crippen LogP contribution < -0.4 is 5.32 Å². The summed E-state index contributed by atoms with van der Waals surface area (Å²) in [4.78, 5) is 27.8. The third kappa shape index (κ3) is 3.93. The summed E-state index contributed by atoms with van der Waals surface area (Å²) >= 11 is 0. The zero-order valence-electron chi connectivity index (χ0n) is 15.5. The van der Waals surface area contributed by atoms with Gasteiger partial charge in [-0.3, -0.25) is 9.59 Å². The number of nitrogens with zero attached hydrogens (tertiary/aromatic N) is 1. The van der Waals surface area contributed by atoms with Crippen LogP contribution in [0.5, 0.6) is 0 Å². The largest absolute Gasteiger partial charge is 0.394 e. The minimum atomic E-state index is -0.846. The smallest absolute Gasteiger partial charge is 0.247 e. The fourth-order valence-corrected chi connectivity index (χ4v) is 4.38. The van der Waals surface area contributed by atoms with Crippen LogP contribution in [0.15, 0.2) is 30.3 Å². The zero-order chi connectivity index (χ0) is 18.4. The second-order valence-corrected chi connectivity index (χ2v) is 7.60. The van der Waals surface area contributed by atoms with Gasteiger partial charge in [-0.2, -0.15) is 0 Å². The molecule has 1 saturated heterocycles. The predicted molar refractivity (Wildman–Crippen MR) is 101 cm³/mol. The fraction of sp³-hybridized carbons (Fsp3) is 0.619. The van der Waals surface area contributed by atoms with Gasteiger partial charge in [0.1, 0.15) is 6.04 Å². The van der Waals surface area contributed by atoms with Crippen molar-refractivity contribution in [2.45, 2.75) is 62.8 Å². The number of likely N-dealkylation sites (tertiary alicyclic amines) is 1. The van der Waals surface area contributed by atoms with E-state index in [0.717, 1.165) is 70.0 Å². The van der Waals surface area contributed by atoms with Gasteiger partial charge in [0.2, 0.25) is 11.8 Å². The lowest BCUT2D eigenvalue weighted by atomic mass is 9.78. The predicted octanol–water partition coefficient (Wildman–Crippen LogP) is 2.38. The van der Waals surface area contributed by atoms with Crippen LogP contribution >= 0.6 is 0 Å². The molecule has 1 aromatic rings. The van der Waals surface area contributed by atoms with Gasteiger partial charge in [0, 0.05) is 13.1 Å². The first-order valence-electron chi connectivity index (χ1n) is 9.93. The summed E-state index contributed by atoms with van der Waals surface area (Å²) in [6.45, 7) is 1.08. The molecule has 5 nitrogen and oxygen atoms in total. The second kappa shape index (κ2) is 8.67. The Labute approximate surface area is 155 Å². The van der Waals surface area contributed by atoms with E-state index in [-0.39, 0.29) is 18.4 Å². The molecule has 2 aliphatic rings. The summed E-state index contributed by atoms with van der Waals surface area (Å²) in [6.07, 6.45) is 7.85. The van der Waals surface area contributed by atoms with Gasteiger partial charge in [-0.25, -0.2) is 0 Å². The van der Waals surface area contributed by atoms with Crippen molar-refractivity contribution in [2.75, 3.05) is 19.7 Å². The number of amides is 2. The Morgan fingerprint density at radius 3 is 2.19 bits per heavy atom. The first kappa shape index (κ1) is 18.9. The molecule has 5 heteroatoms. The van der Waals surface area contributed by atoms with Gasteiger partial charge in [-0.1, -0.05) is 56.0 Å². The standard InChI is InChI=1S/C21H30N2O3/c24-16-18(19(25)23-14-8-1-2-9-15-23)22-20(26)21(12-6-7-13-21)17-10-4-3-5-11-17/h3-5,10-11,18,24H,1-2,6-9,12-16H2,(H,22,26)/t18-/m0/s1. The summed E-state index contributed by atoms with van der Waals surface area (Å²) in [7, 11) is 0. The maximum absolute atomic E-state index is 13.2. The normalized spacial score (nSPS) is 21.0. The van der Waals surface area contributed by atoms with Crippen LogP contribution in [0.25, 0.3) is 0 Å². The summed E-state index contributed by atoms with van der Waals surface area (Å²) in [5.74, 6) is -0.271. The number of aliphatic hydroxyl groups excluding tert-OH is 1. The molecule has 0 unspecified atom stereocenters. The third-order valence-electron chi connectivity index (χ3n) is 5.92. The first-order valence-corrected chi connectivity index (χ1v) is 9.93. The van der Waals surface area contributed by atoms with Crippen LogP contribution in [0.4, 0.5) is 0 Å². The monoisotopic (exact) mass is 358 g/mol. The molecular weight excluding hydrogens is 328 g/mol. The van der Waals surface area contributed by atoms with Crippen LogP contribution in [0.2, 0.25) is 0 Å². The van der Waals surface area contributed by atoms with Crippen molar-refractivity contribution >= 4 is 11.8 Å². The molecule has 1 saturated carbocycles. The van der Waals surface area contributed by atoms with E-state index < -0.39 is 11.5 Å². The van der Waals surface area contributed by atoms with Crippen molar-refractivity contribution in [1.82, 2.24) is 10.2 Å². The molecule has 0 aromatic heterocycles. The number of carbonyl (C=O) groups excluding carboxylic acids is 2. The quantitative estimate of drug-likeness (QED) is 0.849. The maximum Gasteiger partial charge on any atom is 0.247 e. The van der Waals surface area contributed by atoms with Crippen molar-refractivity contribution in [3.8, 4) is 0 Å². The van der Waals surface area contributed by atoms with E-state index in [2.05, 4.69) is 5.32 Å². The minimum Gasteiger partial charge on any atom is -0.394 e. The Morgan fingerprint density at radius 2 is 1.62 bits per heavy atom. The van der Waals surface area contributed by atoms with Gasteiger partial charge < -0.3 is 15.3 Å². The number of aliphatic hydroxyl groups is 1. The molecule has 1 aliphatic heterocycles. The van der Waals surface area contributed by atoms with E-state index in [9.17, 15) is 14.7 Å². The number of nitrogens with one attached hydrogen (secondary N) is 1. The summed E-state index contributed by atoms with van der Waals surface area (Å²) in [5, 5.41) is 12.7. The molecule has 1 aliphatic carbocycles. The molecule has 26 heavy (non-hydrogen) atoms. The lowest BCUT2D eigenvalue weighted by Crippen LogP contribution is -2.55. The Morgan fingerprint density at radius 1 is 1.00 bits per heavy atom. The topological polar surface area (TPSA) is 69.6 Å². The Balaban J connectivity index is 1.74. The molecule has 0 bridgehead atoms. The average Bonchev–Trinajstić information content (AvgIpc) is 3.03. The SMILES string of the molecule is O=C([C@H](CO)NC(=O)C1(c2ccccc2)CCCC1)N1CCCCCC1. The van der Waals surface area contributed by atoms with Crippen molar-refractivity contribution in [1.29, 1.82) is 0 Å². The molecular formula is C21H30N2O3. The van der Waals surface area contributed by atoms with Crippen molar-refractivity contribution in [3.63, 3.8) is 0 Å². The molecule has 2 N–H and O–H groups in total. The van der Waals surface area contributed by atoms with Crippen LogP contribution in [0.3, 0.4) is 0 Å². The number of rotatable bonds is 5. The van der Waals surface area contributed by atoms with Gasteiger partial charge in [0.15, 0.2) is 0 Å². The lowest BCUT2D eigenvalue weighted by Gasteiger charge is -2.32. The van der Waals surface area contributed by atoms with Gasteiger partial charge in [-0.05, 0) is 31.2 Å². The summed E-state index contributed by atoms with van der Waals surface area (Å²) < 4.78 is 0. The molecule has 0 spiro atoms. The summed E-state index contributed by atoms with van der Waals surface area (Å²) in [6, 6.07) is 9.00. The zero-order valence-corrected chi connectivity index (χ0v) is 15.5. The molecule has 2 amide bonds. The van der Waals surface area contributed by atoms with E-state index in [4.69, 9.17) is 0 Å². The highest BCUT2D eigenvalue weighted by molar-refractivity contribution is 5.93. The van der Waals surface area contributed by atoms with E-state index in [0.29, 0.717) is 0 Å². The highest BCUT2D eigenvalue weighted by Crippen LogP contribution is 2.41.